The van der Waals surface area contributed by atoms with Crippen LogP contribution in [0.15, 0.2) is 15.8 Å². The zero-order chi connectivity index (χ0) is 14.2. The quantitative estimate of drug-likeness (QED) is 0.424. The average Bonchev–Trinajstić information content (AvgIpc) is 2.70. The molecular weight excluding hydrogens is 292 g/mol. The molecule has 0 saturated carbocycles. The maximum atomic E-state index is 11.8. The first-order valence-corrected chi connectivity index (χ1v) is 7.49. The van der Waals surface area contributed by atoms with Crippen molar-refractivity contribution in [3.8, 4) is 0 Å². The second kappa shape index (κ2) is 5.71. The third kappa shape index (κ3) is 2.61. The summed E-state index contributed by atoms with van der Waals surface area (Å²) in [5.74, 6) is 0. The summed E-state index contributed by atoms with van der Waals surface area (Å²) in [5.41, 5.74) is -0.736. The fourth-order valence-electron chi connectivity index (χ4n) is 1.98. The first-order valence-electron chi connectivity index (χ1n) is 5.56. The first-order chi connectivity index (χ1) is 8.99. The van der Waals surface area contributed by atoms with Crippen molar-refractivity contribution in [3.05, 3.63) is 32.6 Å². The summed E-state index contributed by atoms with van der Waals surface area (Å²) < 4.78 is 6.66. The molecule has 0 radical (unpaired) electrons. The Morgan fingerprint density at radius 3 is 2.84 bits per heavy atom. The minimum atomic E-state index is -0.948. The predicted octanol–water partition coefficient (Wildman–Crippen LogP) is -0.958. The van der Waals surface area contributed by atoms with Crippen LogP contribution in [0.4, 0.5) is 0 Å². The van der Waals surface area contributed by atoms with Crippen molar-refractivity contribution < 1.29 is 14.9 Å². The highest BCUT2D eigenvalue weighted by Crippen LogP contribution is 2.38. The number of nitrogens with one attached hydrogen (secondary N) is 1. The standard InChI is InChI=1S/C10H14N2O5S2/c1-4-2-12(10(16)11-8(4)15)9-7(19-18)6(14)5(3-13)17-9/h2,5-7,9,13-14,18H,3H2,1H3,(H,11,15,16)/t5-,6+,7?,9-/m1/s1. The molecule has 9 heteroatoms. The largest absolute Gasteiger partial charge is 0.394 e. The smallest absolute Gasteiger partial charge is 0.330 e. The van der Waals surface area contributed by atoms with E-state index in [1.165, 1.54) is 10.8 Å². The summed E-state index contributed by atoms with van der Waals surface area (Å²) in [7, 11) is 1.04. The Morgan fingerprint density at radius 2 is 2.26 bits per heavy atom. The van der Waals surface area contributed by atoms with E-state index in [4.69, 9.17) is 9.84 Å². The second-order valence-electron chi connectivity index (χ2n) is 4.29. The third-order valence-corrected chi connectivity index (χ3v) is 4.52. The molecule has 1 unspecified atom stereocenters. The molecule has 1 aliphatic rings. The number of H-pyrrole nitrogens is 1. The summed E-state index contributed by atoms with van der Waals surface area (Å²) in [6.07, 6.45) is -1.15. The molecule has 7 nitrogen and oxygen atoms in total. The lowest BCUT2D eigenvalue weighted by molar-refractivity contribution is -0.0457. The van der Waals surface area contributed by atoms with Crippen LogP contribution in [-0.4, -0.2) is 43.8 Å². The molecule has 1 saturated heterocycles. The Bertz CT molecular complexity index is 572. The van der Waals surface area contributed by atoms with E-state index >= 15 is 0 Å². The van der Waals surface area contributed by atoms with Gasteiger partial charge in [-0.25, -0.2) is 4.79 Å². The van der Waals surface area contributed by atoms with Gasteiger partial charge in [0.05, 0.1) is 18.0 Å². The second-order valence-corrected chi connectivity index (χ2v) is 5.67. The van der Waals surface area contributed by atoms with Crippen LogP contribution in [0.25, 0.3) is 0 Å². The number of rotatable bonds is 3. The average molecular weight is 306 g/mol. The van der Waals surface area contributed by atoms with Gasteiger partial charge in [0.25, 0.3) is 5.56 Å². The van der Waals surface area contributed by atoms with E-state index in [-0.39, 0.29) is 6.61 Å². The Balaban J connectivity index is 2.44. The fourth-order valence-corrected chi connectivity index (χ4v) is 3.27. The molecule has 4 atom stereocenters. The molecule has 1 aromatic rings. The number of aromatic amines is 1. The maximum Gasteiger partial charge on any atom is 0.330 e. The molecule has 2 heterocycles. The van der Waals surface area contributed by atoms with E-state index in [9.17, 15) is 14.7 Å². The SMILES string of the molecule is Cc1cn([C@@H]2O[C@H](CO)[C@H](O)C2SS)c(=O)[nH]c1=O. The number of ether oxygens (including phenoxy) is 1. The van der Waals surface area contributed by atoms with Crippen LogP contribution in [0, 0.1) is 6.92 Å². The molecule has 2 rings (SSSR count). The van der Waals surface area contributed by atoms with E-state index in [1.807, 2.05) is 0 Å². The number of hydrogen-bond acceptors (Lipinski definition) is 7. The number of nitrogens with zero attached hydrogens (tertiary/aromatic N) is 1. The number of aliphatic hydroxyl groups excluding tert-OH is 2. The van der Waals surface area contributed by atoms with E-state index < -0.39 is 34.9 Å². The molecule has 0 spiro atoms. The first kappa shape index (κ1) is 14.7. The van der Waals surface area contributed by atoms with Gasteiger partial charge < -0.3 is 14.9 Å². The molecular formula is C10H14N2O5S2. The summed E-state index contributed by atoms with van der Waals surface area (Å²) in [5, 5.41) is 18.5. The van der Waals surface area contributed by atoms with Gasteiger partial charge in [0.1, 0.15) is 6.10 Å². The Morgan fingerprint density at radius 1 is 1.58 bits per heavy atom. The zero-order valence-corrected chi connectivity index (χ0v) is 11.7. The van der Waals surface area contributed by atoms with Crippen LogP contribution in [0.1, 0.15) is 11.8 Å². The Kier molecular flexibility index (Phi) is 4.41. The molecule has 1 aliphatic heterocycles. The van der Waals surface area contributed by atoms with Gasteiger partial charge in [-0.1, -0.05) is 10.8 Å². The molecule has 106 valence electrons. The molecule has 0 amide bonds. The monoisotopic (exact) mass is 306 g/mol. The van der Waals surface area contributed by atoms with Crippen LogP contribution in [0.3, 0.4) is 0 Å². The van der Waals surface area contributed by atoms with E-state index in [2.05, 4.69) is 16.6 Å². The topological polar surface area (TPSA) is 105 Å². The highest BCUT2D eigenvalue weighted by Gasteiger charge is 2.44. The number of aliphatic hydroxyl groups is 2. The molecule has 3 N–H and O–H groups in total. The molecule has 0 aromatic carbocycles. The molecule has 1 fully saturated rings. The summed E-state index contributed by atoms with van der Waals surface area (Å²) >= 11 is 4.05. The third-order valence-electron chi connectivity index (χ3n) is 3.03. The minimum absolute atomic E-state index is 0.355. The van der Waals surface area contributed by atoms with Crippen LogP contribution >= 0.6 is 22.5 Å². The van der Waals surface area contributed by atoms with Crippen molar-refractivity contribution in [2.45, 2.75) is 30.6 Å². The van der Waals surface area contributed by atoms with Crippen molar-refractivity contribution in [1.82, 2.24) is 9.55 Å². The van der Waals surface area contributed by atoms with Gasteiger partial charge in [0.15, 0.2) is 6.23 Å². The number of aromatic nitrogens is 2. The number of hydrogen-bond donors (Lipinski definition) is 4. The summed E-state index contributed by atoms with van der Waals surface area (Å²) in [4.78, 5) is 25.3. The molecule has 1 aromatic heterocycles. The normalized spacial score (nSPS) is 30.7. The highest BCUT2D eigenvalue weighted by molar-refractivity contribution is 8.68. The lowest BCUT2D eigenvalue weighted by Crippen LogP contribution is -2.37. The van der Waals surface area contributed by atoms with Crippen LogP contribution in [-0.2, 0) is 4.74 Å². The van der Waals surface area contributed by atoms with E-state index in [0.717, 1.165) is 10.8 Å². The van der Waals surface area contributed by atoms with Crippen LogP contribution in [0.5, 0.6) is 0 Å². The van der Waals surface area contributed by atoms with Gasteiger partial charge in [-0.15, -0.1) is 11.7 Å². The van der Waals surface area contributed by atoms with Gasteiger partial charge in [0, 0.05) is 11.8 Å². The molecule has 0 bridgehead atoms. The van der Waals surface area contributed by atoms with Gasteiger partial charge in [0.2, 0.25) is 0 Å². The minimum Gasteiger partial charge on any atom is -0.394 e. The predicted molar refractivity (Wildman–Crippen MR) is 73.4 cm³/mol. The van der Waals surface area contributed by atoms with Crippen molar-refractivity contribution in [1.29, 1.82) is 0 Å². The van der Waals surface area contributed by atoms with E-state index in [1.54, 1.807) is 6.92 Å². The van der Waals surface area contributed by atoms with Gasteiger partial charge >= 0.3 is 5.69 Å². The van der Waals surface area contributed by atoms with Crippen molar-refractivity contribution in [2.75, 3.05) is 6.61 Å². The van der Waals surface area contributed by atoms with Crippen molar-refractivity contribution >= 4 is 22.5 Å². The number of aryl methyl sites for hydroxylation is 1. The summed E-state index contributed by atoms with van der Waals surface area (Å²) in [6, 6.07) is 0. The van der Waals surface area contributed by atoms with Gasteiger partial charge in [-0.2, -0.15) is 0 Å². The van der Waals surface area contributed by atoms with Crippen molar-refractivity contribution in [2.24, 2.45) is 0 Å². The molecule has 19 heavy (non-hydrogen) atoms. The Hall–Kier alpha value is -0.740. The Labute approximate surface area is 117 Å². The van der Waals surface area contributed by atoms with Crippen LogP contribution in [0.2, 0.25) is 0 Å². The lowest BCUT2D eigenvalue weighted by Gasteiger charge is -2.19. The number of thiol groups is 1. The zero-order valence-electron chi connectivity index (χ0n) is 10.0. The fraction of sp³-hybridized carbons (Fsp3) is 0.600. The molecule has 0 aliphatic carbocycles. The van der Waals surface area contributed by atoms with E-state index in [0.29, 0.717) is 5.56 Å². The van der Waals surface area contributed by atoms with Crippen LogP contribution < -0.4 is 11.2 Å². The lowest BCUT2D eigenvalue weighted by atomic mass is 10.2. The van der Waals surface area contributed by atoms with Gasteiger partial charge in [-0.05, 0) is 6.92 Å². The highest BCUT2D eigenvalue weighted by atomic mass is 33.1. The van der Waals surface area contributed by atoms with Gasteiger partial charge in [-0.3, -0.25) is 14.3 Å². The maximum absolute atomic E-state index is 11.8. The summed E-state index contributed by atoms with van der Waals surface area (Å²) in [6.45, 7) is 1.20. The van der Waals surface area contributed by atoms with Crippen molar-refractivity contribution in [3.63, 3.8) is 0 Å².